The Kier molecular flexibility index (Phi) is 5.12. The van der Waals surface area contributed by atoms with E-state index in [1.807, 2.05) is 21.9 Å². The van der Waals surface area contributed by atoms with Gasteiger partial charge in [-0.15, -0.1) is 0 Å². The molecule has 0 atom stereocenters. The summed E-state index contributed by atoms with van der Waals surface area (Å²) in [6.45, 7) is 6.72. The number of rotatable bonds is 2. The van der Waals surface area contributed by atoms with Crippen molar-refractivity contribution in [2.24, 2.45) is 0 Å². The Bertz CT molecular complexity index is 514. The van der Waals surface area contributed by atoms with Crippen LogP contribution in [-0.2, 0) is 11.3 Å². The van der Waals surface area contributed by atoms with Gasteiger partial charge >= 0.3 is 6.03 Å². The summed E-state index contributed by atoms with van der Waals surface area (Å²) in [5, 5.41) is 0.527. The standard InChI is InChI=1S/C15H21ClN4O2/c16-14-3-1-2-13(17-14)12-18-4-6-19(7-5-18)15(21)20-8-10-22-11-9-20/h1-3H,4-12H2. The topological polar surface area (TPSA) is 48.9 Å². The van der Waals surface area contributed by atoms with Gasteiger partial charge < -0.3 is 14.5 Å². The van der Waals surface area contributed by atoms with Crippen molar-refractivity contribution < 1.29 is 9.53 Å². The Labute approximate surface area is 135 Å². The molecule has 1 aromatic rings. The van der Waals surface area contributed by atoms with E-state index in [4.69, 9.17) is 16.3 Å². The van der Waals surface area contributed by atoms with Crippen LogP contribution in [0.3, 0.4) is 0 Å². The molecule has 0 unspecified atom stereocenters. The molecule has 2 amide bonds. The minimum Gasteiger partial charge on any atom is -0.378 e. The van der Waals surface area contributed by atoms with Crippen molar-refractivity contribution in [3.8, 4) is 0 Å². The van der Waals surface area contributed by atoms with Gasteiger partial charge in [0.1, 0.15) is 5.15 Å². The Balaban J connectivity index is 1.48. The fraction of sp³-hybridized carbons (Fsp3) is 0.600. The van der Waals surface area contributed by atoms with Gasteiger partial charge in [0.05, 0.1) is 18.9 Å². The SMILES string of the molecule is O=C(N1CCOCC1)N1CCN(Cc2cccc(Cl)n2)CC1. The van der Waals surface area contributed by atoms with Crippen LogP contribution in [0.4, 0.5) is 4.79 Å². The van der Waals surface area contributed by atoms with Gasteiger partial charge in [0.25, 0.3) is 0 Å². The number of amides is 2. The van der Waals surface area contributed by atoms with Gasteiger partial charge in [-0.25, -0.2) is 9.78 Å². The van der Waals surface area contributed by atoms with Crippen molar-refractivity contribution >= 4 is 17.6 Å². The maximum atomic E-state index is 12.4. The molecule has 7 heteroatoms. The van der Waals surface area contributed by atoms with E-state index in [2.05, 4.69) is 9.88 Å². The van der Waals surface area contributed by atoms with Gasteiger partial charge in [-0.05, 0) is 12.1 Å². The first-order valence-corrected chi connectivity index (χ1v) is 8.05. The van der Waals surface area contributed by atoms with Crippen LogP contribution in [0.15, 0.2) is 18.2 Å². The molecule has 6 nitrogen and oxygen atoms in total. The van der Waals surface area contributed by atoms with Crippen LogP contribution < -0.4 is 0 Å². The Morgan fingerprint density at radius 3 is 2.45 bits per heavy atom. The lowest BCUT2D eigenvalue weighted by Crippen LogP contribution is -2.54. The van der Waals surface area contributed by atoms with Crippen LogP contribution in [0.5, 0.6) is 0 Å². The third-order valence-corrected chi connectivity index (χ3v) is 4.29. The number of piperazine rings is 1. The molecule has 2 aliphatic rings. The molecule has 0 aromatic carbocycles. The summed E-state index contributed by atoms with van der Waals surface area (Å²) in [6, 6.07) is 5.83. The van der Waals surface area contributed by atoms with Crippen LogP contribution >= 0.6 is 11.6 Å². The van der Waals surface area contributed by atoms with E-state index in [0.717, 1.165) is 38.4 Å². The van der Waals surface area contributed by atoms with Crippen LogP contribution in [0.1, 0.15) is 5.69 Å². The average Bonchev–Trinajstić information content (AvgIpc) is 2.56. The first-order valence-electron chi connectivity index (χ1n) is 7.68. The van der Waals surface area contributed by atoms with Crippen LogP contribution in [0.25, 0.3) is 0 Å². The van der Waals surface area contributed by atoms with E-state index in [9.17, 15) is 4.79 Å². The van der Waals surface area contributed by atoms with E-state index in [-0.39, 0.29) is 6.03 Å². The first kappa shape index (κ1) is 15.5. The van der Waals surface area contributed by atoms with Crippen molar-refractivity contribution in [3.05, 3.63) is 29.0 Å². The molecule has 2 aliphatic heterocycles. The Morgan fingerprint density at radius 2 is 1.77 bits per heavy atom. The predicted molar refractivity (Wildman–Crippen MR) is 83.9 cm³/mol. The van der Waals surface area contributed by atoms with Crippen molar-refractivity contribution in [1.82, 2.24) is 19.7 Å². The number of aromatic nitrogens is 1. The van der Waals surface area contributed by atoms with Gasteiger partial charge in [-0.1, -0.05) is 17.7 Å². The number of carbonyl (C=O) groups excluding carboxylic acids is 1. The Hall–Kier alpha value is -1.37. The molecule has 0 N–H and O–H groups in total. The molecule has 120 valence electrons. The second-order valence-electron chi connectivity index (χ2n) is 5.60. The maximum Gasteiger partial charge on any atom is 0.320 e. The molecule has 1 aromatic heterocycles. The van der Waals surface area contributed by atoms with Crippen LogP contribution in [-0.4, -0.2) is 78.2 Å². The molecule has 2 fully saturated rings. The molecule has 0 radical (unpaired) electrons. The number of ether oxygens (including phenoxy) is 1. The first-order chi connectivity index (χ1) is 10.7. The van der Waals surface area contributed by atoms with E-state index in [1.165, 1.54) is 0 Å². The largest absolute Gasteiger partial charge is 0.378 e. The molecule has 0 spiro atoms. The van der Waals surface area contributed by atoms with Gasteiger partial charge in [-0.3, -0.25) is 4.90 Å². The average molecular weight is 325 g/mol. The summed E-state index contributed by atoms with van der Waals surface area (Å²) in [5.41, 5.74) is 0.973. The van der Waals surface area contributed by atoms with E-state index in [1.54, 1.807) is 6.07 Å². The van der Waals surface area contributed by atoms with E-state index < -0.39 is 0 Å². The molecule has 22 heavy (non-hydrogen) atoms. The van der Waals surface area contributed by atoms with Crippen molar-refractivity contribution in [2.75, 3.05) is 52.5 Å². The van der Waals surface area contributed by atoms with Gasteiger partial charge in [-0.2, -0.15) is 0 Å². The number of urea groups is 1. The third kappa shape index (κ3) is 3.88. The molecule has 0 saturated carbocycles. The lowest BCUT2D eigenvalue weighted by Gasteiger charge is -2.38. The molecule has 2 saturated heterocycles. The number of hydrogen-bond donors (Lipinski definition) is 0. The van der Waals surface area contributed by atoms with Gasteiger partial charge in [0.2, 0.25) is 0 Å². The number of halogens is 1. The van der Waals surface area contributed by atoms with Crippen LogP contribution in [0, 0.1) is 0 Å². The van der Waals surface area contributed by atoms with Gasteiger partial charge in [0.15, 0.2) is 0 Å². The zero-order chi connectivity index (χ0) is 15.4. The minimum atomic E-state index is 0.142. The highest BCUT2D eigenvalue weighted by Gasteiger charge is 2.26. The molecule has 3 heterocycles. The van der Waals surface area contributed by atoms with Crippen LogP contribution in [0.2, 0.25) is 5.15 Å². The predicted octanol–water partition coefficient (Wildman–Crippen LogP) is 1.30. The van der Waals surface area contributed by atoms with Crippen molar-refractivity contribution in [3.63, 3.8) is 0 Å². The highest BCUT2D eigenvalue weighted by Crippen LogP contribution is 2.12. The van der Waals surface area contributed by atoms with E-state index in [0.29, 0.717) is 31.5 Å². The molecule has 0 aliphatic carbocycles. The molecule has 3 rings (SSSR count). The minimum absolute atomic E-state index is 0.142. The summed E-state index contributed by atoms with van der Waals surface area (Å²) in [6.07, 6.45) is 0. The summed E-state index contributed by atoms with van der Waals surface area (Å²) in [4.78, 5) is 22.9. The lowest BCUT2D eigenvalue weighted by molar-refractivity contribution is 0.0372. The van der Waals surface area contributed by atoms with E-state index >= 15 is 0 Å². The summed E-state index contributed by atoms with van der Waals surface area (Å²) in [7, 11) is 0. The zero-order valence-electron chi connectivity index (χ0n) is 12.6. The van der Waals surface area contributed by atoms with Crippen molar-refractivity contribution in [1.29, 1.82) is 0 Å². The second kappa shape index (κ2) is 7.26. The second-order valence-corrected chi connectivity index (χ2v) is 5.98. The quantitative estimate of drug-likeness (QED) is 0.770. The molecular weight excluding hydrogens is 304 g/mol. The van der Waals surface area contributed by atoms with Gasteiger partial charge in [0, 0.05) is 45.8 Å². The van der Waals surface area contributed by atoms with Crippen molar-refractivity contribution in [2.45, 2.75) is 6.54 Å². The smallest absolute Gasteiger partial charge is 0.320 e. The Morgan fingerprint density at radius 1 is 1.09 bits per heavy atom. The summed E-state index contributed by atoms with van der Waals surface area (Å²) < 4.78 is 5.29. The fourth-order valence-corrected chi connectivity index (χ4v) is 3.00. The molecular formula is C15H21ClN4O2. The maximum absolute atomic E-state index is 12.4. The monoisotopic (exact) mass is 324 g/mol. The lowest BCUT2D eigenvalue weighted by atomic mass is 10.2. The highest BCUT2D eigenvalue weighted by molar-refractivity contribution is 6.29. The molecule has 0 bridgehead atoms. The fourth-order valence-electron chi connectivity index (χ4n) is 2.82. The number of morpholine rings is 1. The third-order valence-electron chi connectivity index (χ3n) is 4.08. The highest BCUT2D eigenvalue weighted by atomic mass is 35.5. The number of carbonyl (C=O) groups is 1. The number of hydrogen-bond acceptors (Lipinski definition) is 4. The summed E-state index contributed by atoms with van der Waals surface area (Å²) >= 11 is 5.92. The summed E-state index contributed by atoms with van der Waals surface area (Å²) in [5.74, 6) is 0. The number of pyridine rings is 1. The number of nitrogens with zero attached hydrogens (tertiary/aromatic N) is 4. The zero-order valence-corrected chi connectivity index (χ0v) is 13.3. The normalized spacial score (nSPS) is 20.2.